The summed E-state index contributed by atoms with van der Waals surface area (Å²) in [5.74, 6) is 1.96. The maximum absolute atomic E-state index is 5.98. The van der Waals surface area contributed by atoms with Gasteiger partial charge < -0.3 is 20.5 Å². The molecule has 0 aliphatic rings. The normalized spacial score (nSPS) is 11.1. The second-order valence-corrected chi connectivity index (χ2v) is 6.47. The van der Waals surface area contributed by atoms with E-state index in [9.17, 15) is 0 Å². The zero-order valence-corrected chi connectivity index (χ0v) is 19.0. The molecule has 7 nitrogen and oxygen atoms in total. The molecule has 0 atom stereocenters. The maximum atomic E-state index is 5.98. The predicted molar refractivity (Wildman–Crippen MR) is 127 cm³/mol. The highest BCUT2D eigenvalue weighted by Gasteiger charge is 2.03. The topological polar surface area (TPSA) is 86.7 Å². The third kappa shape index (κ3) is 6.67. The van der Waals surface area contributed by atoms with E-state index in [0.717, 1.165) is 28.6 Å². The largest absolute Gasteiger partial charge is 0.497 e. The van der Waals surface area contributed by atoms with Crippen LogP contribution in [0.2, 0.25) is 0 Å². The Balaban J connectivity index is 0.00000300. The summed E-state index contributed by atoms with van der Waals surface area (Å²) in [6.07, 6.45) is 2.03. The van der Waals surface area contributed by atoms with Gasteiger partial charge in [-0.2, -0.15) is 5.10 Å². The van der Waals surface area contributed by atoms with Crippen LogP contribution in [0, 0.1) is 0 Å². The average molecular weight is 507 g/mol. The zero-order valence-electron chi connectivity index (χ0n) is 16.7. The Hall–Kier alpha value is -2.75. The van der Waals surface area contributed by atoms with E-state index in [1.54, 1.807) is 11.8 Å². The van der Waals surface area contributed by atoms with E-state index in [-0.39, 0.29) is 30.1 Å². The summed E-state index contributed by atoms with van der Waals surface area (Å²) in [7, 11) is 1.64. The fraction of sp³-hybridized carbons (Fsp3) is 0.238. The van der Waals surface area contributed by atoms with Gasteiger partial charge in [0.05, 0.1) is 31.1 Å². The van der Waals surface area contributed by atoms with Gasteiger partial charge in [0.1, 0.15) is 11.5 Å². The van der Waals surface area contributed by atoms with E-state index >= 15 is 0 Å². The van der Waals surface area contributed by atoms with Crippen molar-refractivity contribution in [2.24, 2.45) is 10.7 Å². The molecule has 154 valence electrons. The van der Waals surface area contributed by atoms with Crippen LogP contribution >= 0.6 is 24.0 Å². The molecule has 0 saturated heterocycles. The minimum Gasteiger partial charge on any atom is -0.497 e. The van der Waals surface area contributed by atoms with Gasteiger partial charge in [-0.3, -0.25) is 0 Å². The third-order valence-corrected chi connectivity index (χ3v) is 3.89. The first-order valence-corrected chi connectivity index (χ1v) is 9.06. The van der Waals surface area contributed by atoms with Crippen LogP contribution < -0.4 is 20.5 Å². The van der Waals surface area contributed by atoms with Crippen molar-refractivity contribution in [3.05, 3.63) is 66.5 Å². The highest BCUT2D eigenvalue weighted by molar-refractivity contribution is 14.0. The number of aromatic nitrogens is 2. The molecule has 0 aliphatic heterocycles. The summed E-state index contributed by atoms with van der Waals surface area (Å²) >= 11 is 0. The first kappa shape index (κ1) is 22.5. The molecular formula is C21H26IN5O2. The van der Waals surface area contributed by atoms with Crippen LogP contribution in [0.25, 0.3) is 5.69 Å². The van der Waals surface area contributed by atoms with Crippen LogP contribution in [0.5, 0.6) is 11.5 Å². The lowest BCUT2D eigenvalue weighted by atomic mass is 10.3. The van der Waals surface area contributed by atoms with E-state index in [0.29, 0.717) is 12.5 Å². The van der Waals surface area contributed by atoms with Crippen molar-refractivity contribution in [1.82, 2.24) is 9.78 Å². The van der Waals surface area contributed by atoms with Crippen LogP contribution in [-0.2, 0) is 6.54 Å². The van der Waals surface area contributed by atoms with Gasteiger partial charge >= 0.3 is 0 Å². The Morgan fingerprint density at radius 3 is 2.34 bits per heavy atom. The van der Waals surface area contributed by atoms with Crippen LogP contribution in [0.3, 0.4) is 0 Å². The second kappa shape index (κ2) is 10.7. The Kier molecular flexibility index (Phi) is 8.32. The van der Waals surface area contributed by atoms with E-state index in [1.807, 2.05) is 74.6 Å². The Bertz CT molecular complexity index is 921. The summed E-state index contributed by atoms with van der Waals surface area (Å²) in [5.41, 5.74) is 8.60. The molecule has 0 radical (unpaired) electrons. The zero-order chi connectivity index (χ0) is 19.9. The minimum atomic E-state index is 0. The molecule has 0 spiro atoms. The number of anilines is 1. The molecule has 3 rings (SSSR count). The van der Waals surface area contributed by atoms with Crippen LogP contribution in [0.1, 0.15) is 19.5 Å². The van der Waals surface area contributed by atoms with Gasteiger partial charge in [0.15, 0.2) is 5.96 Å². The molecule has 1 heterocycles. The van der Waals surface area contributed by atoms with Gasteiger partial charge in [-0.25, -0.2) is 9.67 Å². The van der Waals surface area contributed by atoms with Crippen molar-refractivity contribution in [2.75, 3.05) is 12.4 Å². The summed E-state index contributed by atoms with van der Waals surface area (Å²) in [6, 6.07) is 17.2. The van der Waals surface area contributed by atoms with E-state index in [1.165, 1.54) is 0 Å². The lowest BCUT2D eigenvalue weighted by molar-refractivity contribution is 0.242. The third-order valence-electron chi connectivity index (χ3n) is 3.89. The van der Waals surface area contributed by atoms with Crippen molar-refractivity contribution in [3.63, 3.8) is 0 Å². The van der Waals surface area contributed by atoms with Crippen LogP contribution in [0.4, 0.5) is 5.69 Å². The lowest BCUT2D eigenvalue weighted by Crippen LogP contribution is -2.22. The quantitative estimate of drug-likeness (QED) is 0.284. The Labute approximate surface area is 187 Å². The van der Waals surface area contributed by atoms with Crippen molar-refractivity contribution in [2.45, 2.75) is 26.5 Å². The van der Waals surface area contributed by atoms with Gasteiger partial charge in [-0.05, 0) is 68.4 Å². The number of hydrogen-bond donors (Lipinski definition) is 2. The Morgan fingerprint density at radius 1 is 1.07 bits per heavy atom. The first-order chi connectivity index (χ1) is 13.5. The molecule has 0 saturated carbocycles. The molecule has 0 unspecified atom stereocenters. The number of benzene rings is 2. The smallest absolute Gasteiger partial charge is 0.193 e. The summed E-state index contributed by atoms with van der Waals surface area (Å²) in [6.45, 7) is 4.37. The van der Waals surface area contributed by atoms with E-state index in [2.05, 4.69) is 15.4 Å². The van der Waals surface area contributed by atoms with Gasteiger partial charge in [0.25, 0.3) is 0 Å². The van der Waals surface area contributed by atoms with E-state index in [4.69, 9.17) is 15.2 Å². The number of nitrogens with one attached hydrogen (secondary N) is 1. The van der Waals surface area contributed by atoms with Crippen molar-refractivity contribution in [3.8, 4) is 17.2 Å². The minimum absolute atomic E-state index is 0. The van der Waals surface area contributed by atoms with Crippen molar-refractivity contribution >= 4 is 35.6 Å². The molecule has 0 bridgehead atoms. The molecule has 0 aliphatic carbocycles. The number of nitrogens with zero attached hydrogens (tertiary/aromatic N) is 3. The lowest BCUT2D eigenvalue weighted by Gasteiger charge is -2.10. The summed E-state index contributed by atoms with van der Waals surface area (Å²) in [5, 5.41) is 7.59. The molecule has 0 fully saturated rings. The molecule has 8 heteroatoms. The molecule has 3 aromatic rings. The number of guanidine groups is 1. The van der Waals surface area contributed by atoms with Crippen LogP contribution in [-0.4, -0.2) is 29.0 Å². The number of rotatable bonds is 7. The Morgan fingerprint density at radius 2 is 1.72 bits per heavy atom. The first-order valence-electron chi connectivity index (χ1n) is 9.06. The van der Waals surface area contributed by atoms with Crippen molar-refractivity contribution in [1.29, 1.82) is 0 Å². The number of methoxy groups -OCH3 is 1. The van der Waals surface area contributed by atoms with Gasteiger partial charge in [-0.1, -0.05) is 0 Å². The SMILES string of the molecule is COc1ccc(-n2ccc(CN=C(N)Nc3ccc(OC(C)C)cc3)n2)cc1.I. The van der Waals surface area contributed by atoms with Gasteiger partial charge in [0, 0.05) is 11.9 Å². The fourth-order valence-electron chi connectivity index (χ4n) is 2.57. The highest BCUT2D eigenvalue weighted by Crippen LogP contribution is 2.17. The monoisotopic (exact) mass is 507 g/mol. The standard InChI is InChI=1S/C21H25N5O2.HI/c1-15(2)28-20-8-4-16(5-9-20)24-21(22)23-14-17-12-13-26(25-17)18-6-10-19(27-3)11-7-18;/h4-13,15H,14H2,1-3H3,(H3,22,23,24);1H. The van der Waals surface area contributed by atoms with Crippen LogP contribution in [0.15, 0.2) is 65.8 Å². The van der Waals surface area contributed by atoms with Crippen molar-refractivity contribution < 1.29 is 9.47 Å². The fourth-order valence-corrected chi connectivity index (χ4v) is 2.57. The van der Waals surface area contributed by atoms with Gasteiger partial charge in [-0.15, -0.1) is 24.0 Å². The molecule has 0 amide bonds. The average Bonchev–Trinajstić information content (AvgIpc) is 3.17. The molecule has 2 aromatic carbocycles. The highest BCUT2D eigenvalue weighted by atomic mass is 127. The number of hydrogen-bond acceptors (Lipinski definition) is 4. The number of nitrogens with two attached hydrogens (primary N) is 1. The number of ether oxygens (including phenoxy) is 2. The predicted octanol–water partition coefficient (Wildman–Crippen LogP) is 4.21. The second-order valence-electron chi connectivity index (χ2n) is 6.47. The number of aliphatic imine (C=N–C) groups is 1. The summed E-state index contributed by atoms with van der Waals surface area (Å²) < 4.78 is 12.6. The molecule has 3 N–H and O–H groups in total. The maximum Gasteiger partial charge on any atom is 0.193 e. The van der Waals surface area contributed by atoms with E-state index < -0.39 is 0 Å². The molecule has 29 heavy (non-hydrogen) atoms. The molecular weight excluding hydrogens is 481 g/mol. The number of halogens is 1. The molecule has 1 aromatic heterocycles. The van der Waals surface area contributed by atoms with Gasteiger partial charge in [0.2, 0.25) is 0 Å². The summed E-state index contributed by atoms with van der Waals surface area (Å²) in [4.78, 5) is 4.35.